The predicted molar refractivity (Wildman–Crippen MR) is 59.2 cm³/mol. The van der Waals surface area contributed by atoms with Gasteiger partial charge in [0, 0.05) is 0 Å². The van der Waals surface area contributed by atoms with Crippen LogP contribution in [0.4, 0.5) is 0 Å². The summed E-state index contributed by atoms with van der Waals surface area (Å²) in [7, 11) is -4.39. The van der Waals surface area contributed by atoms with Crippen LogP contribution in [0.15, 0.2) is 12.7 Å². The Morgan fingerprint density at radius 2 is 1.83 bits per heavy atom. The summed E-state index contributed by atoms with van der Waals surface area (Å²) in [6, 6.07) is 0. The first kappa shape index (κ1) is 15.5. The number of ether oxygens (including phenoxy) is 2. The quantitative estimate of drug-likeness (QED) is 0.333. The van der Waals surface area contributed by atoms with Crippen LogP contribution in [-0.2, 0) is 19.6 Å². The summed E-state index contributed by atoms with van der Waals surface area (Å²) in [5, 5.41) is 28.6. The van der Waals surface area contributed by atoms with Gasteiger partial charge in [-0.25, -0.2) is 0 Å². The molecule has 0 spiro atoms. The van der Waals surface area contributed by atoms with Gasteiger partial charge in [0.05, 0.1) is 6.61 Å². The second kappa shape index (κ2) is 6.06. The van der Waals surface area contributed by atoms with Gasteiger partial charge in [0.1, 0.15) is 30.2 Å². The number of hydrogen-bond acceptors (Lipinski definition) is 7. The third-order valence-electron chi connectivity index (χ3n) is 2.42. The molecule has 9 heteroatoms. The summed E-state index contributed by atoms with van der Waals surface area (Å²) in [4.78, 5) is 0. The average molecular weight is 284 g/mol. The Morgan fingerprint density at radius 1 is 1.22 bits per heavy atom. The SMILES string of the molecule is C=CCO[C@H]1O[C@H](CS(=O)(=O)O)[C@@H](O)[C@H](O)[C@H]1O. The molecule has 106 valence electrons. The molecule has 4 N–H and O–H groups in total. The highest BCUT2D eigenvalue weighted by atomic mass is 32.2. The maximum absolute atomic E-state index is 10.7. The first-order valence-electron chi connectivity index (χ1n) is 5.13. The van der Waals surface area contributed by atoms with Crippen LogP contribution in [0.5, 0.6) is 0 Å². The van der Waals surface area contributed by atoms with E-state index in [0.29, 0.717) is 0 Å². The van der Waals surface area contributed by atoms with Gasteiger partial charge in [0.25, 0.3) is 10.1 Å². The molecule has 1 fully saturated rings. The van der Waals surface area contributed by atoms with Crippen molar-refractivity contribution in [3.8, 4) is 0 Å². The topological polar surface area (TPSA) is 134 Å². The smallest absolute Gasteiger partial charge is 0.267 e. The number of aliphatic hydroxyl groups is 3. The van der Waals surface area contributed by atoms with Crippen molar-refractivity contribution in [2.45, 2.75) is 30.7 Å². The van der Waals surface area contributed by atoms with Crippen LogP contribution in [0.2, 0.25) is 0 Å². The maximum atomic E-state index is 10.7. The van der Waals surface area contributed by atoms with Gasteiger partial charge in [0.2, 0.25) is 0 Å². The van der Waals surface area contributed by atoms with E-state index in [-0.39, 0.29) is 6.61 Å². The van der Waals surface area contributed by atoms with E-state index in [1.165, 1.54) is 6.08 Å². The molecule has 1 rings (SSSR count). The molecule has 0 saturated carbocycles. The van der Waals surface area contributed by atoms with E-state index < -0.39 is 46.6 Å². The zero-order valence-corrected chi connectivity index (χ0v) is 10.2. The Morgan fingerprint density at radius 3 is 2.33 bits per heavy atom. The van der Waals surface area contributed by atoms with Crippen LogP contribution in [0, 0.1) is 0 Å². The van der Waals surface area contributed by atoms with Gasteiger partial charge in [-0.2, -0.15) is 8.42 Å². The Hall–Kier alpha value is -0.550. The lowest BCUT2D eigenvalue weighted by Crippen LogP contribution is -2.59. The van der Waals surface area contributed by atoms with Crippen molar-refractivity contribution < 1.29 is 37.8 Å². The Bertz CT molecular complexity index is 380. The van der Waals surface area contributed by atoms with Crippen LogP contribution in [-0.4, -0.2) is 71.4 Å². The second-order valence-corrected chi connectivity index (χ2v) is 5.38. The monoisotopic (exact) mass is 284 g/mol. The van der Waals surface area contributed by atoms with Crippen molar-refractivity contribution in [2.24, 2.45) is 0 Å². The van der Waals surface area contributed by atoms with Gasteiger partial charge in [-0.1, -0.05) is 6.08 Å². The molecule has 0 aromatic heterocycles. The highest BCUT2D eigenvalue weighted by Crippen LogP contribution is 2.23. The maximum Gasteiger partial charge on any atom is 0.267 e. The van der Waals surface area contributed by atoms with E-state index in [0.717, 1.165) is 0 Å². The summed E-state index contributed by atoms with van der Waals surface area (Å²) < 4.78 is 40.1. The number of rotatable bonds is 5. The Labute approximate surface area is 104 Å². The lowest BCUT2D eigenvalue weighted by Gasteiger charge is -2.39. The summed E-state index contributed by atoms with van der Waals surface area (Å²) in [6.45, 7) is 3.38. The van der Waals surface area contributed by atoms with Crippen molar-refractivity contribution in [3.05, 3.63) is 12.7 Å². The second-order valence-electron chi connectivity index (χ2n) is 3.89. The summed E-state index contributed by atoms with van der Waals surface area (Å²) in [5.41, 5.74) is 0. The molecule has 1 saturated heterocycles. The van der Waals surface area contributed by atoms with Gasteiger partial charge in [-0.15, -0.1) is 6.58 Å². The molecule has 1 aliphatic rings. The molecule has 0 aromatic rings. The van der Waals surface area contributed by atoms with E-state index in [2.05, 4.69) is 6.58 Å². The van der Waals surface area contributed by atoms with Crippen molar-refractivity contribution in [3.63, 3.8) is 0 Å². The first-order chi connectivity index (χ1) is 8.26. The molecule has 0 aromatic carbocycles. The van der Waals surface area contributed by atoms with Gasteiger partial charge in [-0.3, -0.25) is 4.55 Å². The molecule has 0 aliphatic carbocycles. The van der Waals surface area contributed by atoms with Crippen molar-refractivity contribution in [1.29, 1.82) is 0 Å². The average Bonchev–Trinajstić information content (AvgIpc) is 2.27. The highest BCUT2D eigenvalue weighted by molar-refractivity contribution is 7.85. The van der Waals surface area contributed by atoms with Gasteiger partial charge in [0.15, 0.2) is 6.29 Å². The molecule has 8 nitrogen and oxygen atoms in total. The lowest BCUT2D eigenvalue weighted by atomic mass is 10.00. The van der Waals surface area contributed by atoms with Crippen molar-refractivity contribution >= 4 is 10.1 Å². The van der Waals surface area contributed by atoms with Crippen molar-refractivity contribution in [1.82, 2.24) is 0 Å². The zero-order chi connectivity index (χ0) is 13.9. The molecule has 0 unspecified atom stereocenters. The van der Waals surface area contributed by atoms with E-state index in [4.69, 9.17) is 14.0 Å². The Balaban J connectivity index is 2.76. The van der Waals surface area contributed by atoms with Crippen LogP contribution < -0.4 is 0 Å². The largest absolute Gasteiger partial charge is 0.388 e. The molecule has 0 amide bonds. The van der Waals surface area contributed by atoms with E-state index in [1.807, 2.05) is 0 Å². The molecular weight excluding hydrogens is 268 g/mol. The lowest BCUT2D eigenvalue weighted by molar-refractivity contribution is -0.289. The molecule has 0 radical (unpaired) electrons. The Kier molecular flexibility index (Phi) is 5.22. The minimum absolute atomic E-state index is 0.00311. The summed E-state index contributed by atoms with van der Waals surface area (Å²) in [6.07, 6.45) is -6.16. The predicted octanol–water partition coefficient (Wildman–Crippen LogP) is -2.12. The molecule has 1 aliphatic heterocycles. The third-order valence-corrected chi connectivity index (χ3v) is 3.17. The molecule has 1 heterocycles. The minimum atomic E-state index is -4.39. The fourth-order valence-corrected chi connectivity index (χ4v) is 2.25. The summed E-state index contributed by atoms with van der Waals surface area (Å²) in [5.74, 6) is -0.911. The van der Waals surface area contributed by atoms with Crippen LogP contribution in [0.1, 0.15) is 0 Å². The minimum Gasteiger partial charge on any atom is -0.388 e. The van der Waals surface area contributed by atoms with E-state index in [1.54, 1.807) is 0 Å². The van der Waals surface area contributed by atoms with Gasteiger partial charge in [-0.05, 0) is 0 Å². The zero-order valence-electron chi connectivity index (χ0n) is 9.42. The number of hydrogen-bond donors (Lipinski definition) is 4. The normalized spacial score (nSPS) is 37.4. The van der Waals surface area contributed by atoms with Crippen molar-refractivity contribution in [2.75, 3.05) is 12.4 Å². The molecule has 5 atom stereocenters. The fourth-order valence-electron chi connectivity index (χ4n) is 1.56. The van der Waals surface area contributed by atoms with Crippen LogP contribution in [0.3, 0.4) is 0 Å². The highest BCUT2D eigenvalue weighted by Gasteiger charge is 2.45. The van der Waals surface area contributed by atoms with Crippen LogP contribution in [0.25, 0.3) is 0 Å². The molecular formula is C9H16O8S. The van der Waals surface area contributed by atoms with E-state index in [9.17, 15) is 23.7 Å². The molecule has 0 bridgehead atoms. The standard InChI is InChI=1S/C9H16O8S/c1-2-3-16-9-8(12)7(11)6(10)5(17-9)4-18(13,14)15/h2,5-12H,1,3-4H2,(H,13,14,15)/t5-,6-,7+,8-,9+/m1/s1. The van der Waals surface area contributed by atoms with Gasteiger partial charge < -0.3 is 24.8 Å². The number of aliphatic hydroxyl groups excluding tert-OH is 3. The van der Waals surface area contributed by atoms with Gasteiger partial charge >= 0.3 is 0 Å². The first-order valence-corrected chi connectivity index (χ1v) is 6.74. The summed E-state index contributed by atoms with van der Waals surface area (Å²) >= 11 is 0. The van der Waals surface area contributed by atoms with Crippen LogP contribution >= 0.6 is 0 Å². The fraction of sp³-hybridized carbons (Fsp3) is 0.778. The van der Waals surface area contributed by atoms with E-state index >= 15 is 0 Å². The molecule has 18 heavy (non-hydrogen) atoms. The third kappa shape index (κ3) is 3.99.